The maximum Gasteiger partial charge on any atom is 0.449 e. The molecule has 6 heteroatoms. The molecule has 0 saturated carbocycles. The van der Waals surface area contributed by atoms with Crippen LogP contribution in [0.5, 0.6) is 0 Å². The van der Waals surface area contributed by atoms with Crippen LogP contribution in [0.1, 0.15) is 16.3 Å². The minimum Gasteiger partial charge on any atom is -0.321 e. The van der Waals surface area contributed by atoms with Crippen molar-refractivity contribution in [1.82, 2.24) is 9.55 Å². The Labute approximate surface area is 65.8 Å². The molecule has 1 aromatic rings. The molecule has 0 fully saturated rings. The number of alkyl halides is 3. The molecule has 0 spiro atoms. The number of hydrogen-bond donors (Lipinski definition) is 0. The van der Waals surface area contributed by atoms with E-state index in [1.54, 1.807) is 0 Å². The highest BCUT2D eigenvalue weighted by atomic mass is 19.4. The van der Waals surface area contributed by atoms with Crippen molar-refractivity contribution in [2.45, 2.75) is 6.18 Å². The first-order valence-electron chi connectivity index (χ1n) is 3.01. The highest BCUT2D eigenvalue weighted by Gasteiger charge is 2.36. The van der Waals surface area contributed by atoms with Crippen LogP contribution in [0, 0.1) is 0 Å². The molecule has 0 aromatic carbocycles. The Balaban J connectivity index is 3.19. The highest BCUT2D eigenvalue weighted by Crippen LogP contribution is 2.27. The maximum atomic E-state index is 12.0. The van der Waals surface area contributed by atoms with Gasteiger partial charge in [0.05, 0.1) is 6.20 Å². The van der Waals surface area contributed by atoms with Crippen LogP contribution in [-0.4, -0.2) is 15.8 Å². The van der Waals surface area contributed by atoms with Gasteiger partial charge in [-0.15, -0.1) is 0 Å². The van der Waals surface area contributed by atoms with Gasteiger partial charge in [-0.3, -0.25) is 4.79 Å². The monoisotopic (exact) mass is 178 g/mol. The van der Waals surface area contributed by atoms with Gasteiger partial charge < -0.3 is 4.57 Å². The Morgan fingerprint density at radius 1 is 1.58 bits per heavy atom. The summed E-state index contributed by atoms with van der Waals surface area (Å²) in [4.78, 5) is 13.2. The number of nitrogens with zero attached hydrogens (tertiary/aromatic N) is 2. The molecule has 0 bridgehead atoms. The maximum absolute atomic E-state index is 12.0. The van der Waals surface area contributed by atoms with Gasteiger partial charge in [0.2, 0.25) is 5.82 Å². The van der Waals surface area contributed by atoms with Crippen LogP contribution in [0.3, 0.4) is 0 Å². The van der Waals surface area contributed by atoms with Crippen molar-refractivity contribution in [3.63, 3.8) is 0 Å². The molecule has 0 N–H and O–H groups in total. The second-order valence-corrected chi connectivity index (χ2v) is 2.18. The van der Waals surface area contributed by atoms with E-state index in [-0.39, 0.29) is 5.69 Å². The summed E-state index contributed by atoms with van der Waals surface area (Å²) in [6.07, 6.45) is -3.30. The van der Waals surface area contributed by atoms with Gasteiger partial charge in [0, 0.05) is 7.05 Å². The summed E-state index contributed by atoms with van der Waals surface area (Å²) in [5.74, 6) is -1.07. The zero-order valence-corrected chi connectivity index (χ0v) is 6.09. The molecule has 3 nitrogen and oxygen atoms in total. The van der Waals surface area contributed by atoms with E-state index in [1.807, 2.05) is 0 Å². The third-order valence-corrected chi connectivity index (χ3v) is 1.40. The van der Waals surface area contributed by atoms with Crippen molar-refractivity contribution < 1.29 is 18.0 Å². The largest absolute Gasteiger partial charge is 0.449 e. The highest BCUT2D eigenvalue weighted by molar-refractivity contribution is 5.71. The Kier molecular flexibility index (Phi) is 1.91. The second-order valence-electron chi connectivity index (χ2n) is 2.18. The van der Waals surface area contributed by atoms with Crippen LogP contribution in [0.4, 0.5) is 13.2 Å². The summed E-state index contributed by atoms with van der Waals surface area (Å²) in [6, 6.07) is 0. The van der Waals surface area contributed by atoms with Gasteiger partial charge in [-0.25, -0.2) is 4.98 Å². The summed E-state index contributed by atoms with van der Waals surface area (Å²) in [7, 11) is 1.14. The fraction of sp³-hybridized carbons (Fsp3) is 0.333. The number of carbonyl (C=O) groups is 1. The first kappa shape index (κ1) is 8.76. The predicted molar refractivity (Wildman–Crippen MR) is 33.6 cm³/mol. The van der Waals surface area contributed by atoms with Gasteiger partial charge in [-0.1, -0.05) is 0 Å². The Bertz CT molecular complexity index is 302. The molecule has 0 radical (unpaired) electrons. The molecule has 1 rings (SSSR count). The molecule has 0 saturated heterocycles. The molecule has 1 aromatic heterocycles. The summed E-state index contributed by atoms with van der Waals surface area (Å²) < 4.78 is 36.7. The minimum atomic E-state index is -4.50. The predicted octanol–water partition coefficient (Wildman–Crippen LogP) is 1.25. The Morgan fingerprint density at radius 3 is 2.42 bits per heavy atom. The smallest absolute Gasteiger partial charge is 0.321 e. The lowest BCUT2D eigenvalue weighted by molar-refractivity contribution is -0.146. The quantitative estimate of drug-likeness (QED) is 0.606. The normalized spacial score (nSPS) is 11.7. The van der Waals surface area contributed by atoms with Gasteiger partial charge >= 0.3 is 6.18 Å². The van der Waals surface area contributed by atoms with Crippen molar-refractivity contribution in [2.24, 2.45) is 7.05 Å². The van der Waals surface area contributed by atoms with E-state index < -0.39 is 12.0 Å². The summed E-state index contributed by atoms with van der Waals surface area (Å²) in [5, 5.41) is 0. The number of aromatic nitrogens is 2. The van der Waals surface area contributed by atoms with E-state index in [4.69, 9.17) is 0 Å². The fourth-order valence-corrected chi connectivity index (χ4v) is 0.796. The Morgan fingerprint density at radius 2 is 2.17 bits per heavy atom. The SMILES string of the molecule is Cn1c(C=O)cnc1C(F)(F)F. The van der Waals surface area contributed by atoms with Crippen LogP contribution in [-0.2, 0) is 13.2 Å². The second kappa shape index (κ2) is 2.62. The van der Waals surface area contributed by atoms with E-state index in [9.17, 15) is 18.0 Å². The number of hydrogen-bond acceptors (Lipinski definition) is 2. The van der Waals surface area contributed by atoms with Crippen molar-refractivity contribution in [1.29, 1.82) is 0 Å². The van der Waals surface area contributed by atoms with Crippen molar-refractivity contribution in [3.8, 4) is 0 Å². The van der Waals surface area contributed by atoms with Crippen LogP contribution in [0.25, 0.3) is 0 Å². The lowest BCUT2D eigenvalue weighted by atomic mass is 10.5. The molecule has 0 aliphatic heterocycles. The van der Waals surface area contributed by atoms with Gasteiger partial charge in [-0.2, -0.15) is 13.2 Å². The summed E-state index contributed by atoms with van der Waals surface area (Å²) in [6.45, 7) is 0. The molecule has 1 heterocycles. The first-order valence-corrected chi connectivity index (χ1v) is 3.01. The van der Waals surface area contributed by atoms with Gasteiger partial charge in [0.1, 0.15) is 5.69 Å². The molecule has 0 atom stereocenters. The lowest BCUT2D eigenvalue weighted by Crippen LogP contribution is -2.13. The molecular formula is C6H5F3N2O. The molecule has 0 aliphatic carbocycles. The topological polar surface area (TPSA) is 34.9 Å². The van der Waals surface area contributed by atoms with Crippen molar-refractivity contribution in [3.05, 3.63) is 17.7 Å². The van der Waals surface area contributed by atoms with E-state index in [2.05, 4.69) is 4.98 Å². The van der Waals surface area contributed by atoms with Crippen LogP contribution < -0.4 is 0 Å². The molecule has 0 unspecified atom stereocenters. The van der Waals surface area contributed by atoms with Gasteiger partial charge in [0.15, 0.2) is 6.29 Å². The summed E-state index contributed by atoms with van der Waals surface area (Å²) >= 11 is 0. The standard InChI is InChI=1S/C6H5F3N2O/c1-11-4(3-12)2-10-5(11)6(7,8)9/h2-3H,1H3. The number of aldehydes is 1. The van der Waals surface area contributed by atoms with E-state index in [0.717, 1.165) is 13.2 Å². The van der Waals surface area contributed by atoms with Crippen molar-refractivity contribution in [2.75, 3.05) is 0 Å². The lowest BCUT2D eigenvalue weighted by Gasteiger charge is -2.05. The van der Waals surface area contributed by atoms with E-state index in [0.29, 0.717) is 10.9 Å². The zero-order valence-electron chi connectivity index (χ0n) is 6.09. The number of imidazole rings is 1. The van der Waals surface area contributed by atoms with Gasteiger partial charge in [0.25, 0.3) is 0 Å². The number of carbonyl (C=O) groups excluding carboxylic acids is 1. The van der Waals surface area contributed by atoms with E-state index in [1.165, 1.54) is 0 Å². The fourth-order valence-electron chi connectivity index (χ4n) is 0.796. The number of rotatable bonds is 1. The Hall–Kier alpha value is -1.33. The van der Waals surface area contributed by atoms with Crippen molar-refractivity contribution >= 4 is 6.29 Å². The van der Waals surface area contributed by atoms with Crippen LogP contribution in [0.15, 0.2) is 6.20 Å². The van der Waals surface area contributed by atoms with E-state index >= 15 is 0 Å². The molecule has 66 valence electrons. The van der Waals surface area contributed by atoms with Crippen LogP contribution in [0.2, 0.25) is 0 Å². The molecule has 0 amide bonds. The first-order chi connectivity index (χ1) is 5.46. The minimum absolute atomic E-state index is 0.0951. The zero-order chi connectivity index (χ0) is 9.35. The summed E-state index contributed by atoms with van der Waals surface area (Å²) in [5.41, 5.74) is -0.0951. The number of halogens is 3. The third-order valence-electron chi connectivity index (χ3n) is 1.40. The van der Waals surface area contributed by atoms with Crippen LogP contribution >= 0.6 is 0 Å². The average molecular weight is 178 g/mol. The third kappa shape index (κ3) is 1.32. The van der Waals surface area contributed by atoms with Gasteiger partial charge in [-0.05, 0) is 0 Å². The molecule has 12 heavy (non-hydrogen) atoms. The average Bonchev–Trinajstić information content (AvgIpc) is 2.29. The molecule has 0 aliphatic rings. The molecular weight excluding hydrogens is 173 g/mol.